The van der Waals surface area contributed by atoms with E-state index in [0.717, 1.165) is 83.5 Å². The highest BCUT2D eigenvalue weighted by molar-refractivity contribution is 5.71. The SMILES string of the molecule is CCCCC/C=C/C/C=C/C/C=C/CCCCCCC(=O)O[C@H](COC(=O)CCCCCCCCCCCCCCC)COC(=O)CCCCCCCCCCCCCCCCCCCC. The maximum atomic E-state index is 12.8. The minimum absolute atomic E-state index is 0.0765. The summed E-state index contributed by atoms with van der Waals surface area (Å²) in [5.74, 6) is -0.879. The molecule has 0 aromatic heterocycles. The van der Waals surface area contributed by atoms with E-state index in [1.165, 1.54) is 186 Å². The Labute approximate surface area is 410 Å². The number of unbranched alkanes of at least 4 members (excludes halogenated alkanes) is 36. The van der Waals surface area contributed by atoms with Crippen LogP contribution >= 0.6 is 0 Å². The van der Waals surface area contributed by atoms with Crippen LogP contribution in [0.4, 0.5) is 0 Å². The topological polar surface area (TPSA) is 78.9 Å². The number of esters is 3. The molecule has 0 aliphatic heterocycles. The molecule has 66 heavy (non-hydrogen) atoms. The third kappa shape index (κ3) is 52.6. The van der Waals surface area contributed by atoms with Gasteiger partial charge in [0.1, 0.15) is 13.2 Å². The molecule has 0 aliphatic carbocycles. The van der Waals surface area contributed by atoms with Crippen molar-refractivity contribution in [2.24, 2.45) is 0 Å². The highest BCUT2D eigenvalue weighted by atomic mass is 16.6. The molecule has 0 aliphatic rings. The van der Waals surface area contributed by atoms with Gasteiger partial charge in [-0.1, -0.05) is 269 Å². The molecular formula is C60H110O6. The number of hydrogen-bond acceptors (Lipinski definition) is 6. The maximum absolute atomic E-state index is 12.8. The van der Waals surface area contributed by atoms with Crippen molar-refractivity contribution in [3.63, 3.8) is 0 Å². The second-order valence-corrected chi connectivity index (χ2v) is 19.6. The summed E-state index contributed by atoms with van der Waals surface area (Å²) in [7, 11) is 0. The molecule has 0 aromatic carbocycles. The summed E-state index contributed by atoms with van der Waals surface area (Å²) in [6, 6.07) is 0. The summed E-state index contributed by atoms with van der Waals surface area (Å²) in [5, 5.41) is 0. The standard InChI is InChI=1S/C60H110O6/c1-4-7-10-13-16-19-22-25-27-29-31-32-35-38-41-44-47-50-53-59(62)65-56-57(55-64-58(61)52-49-46-43-40-37-34-24-21-18-15-12-9-6-3)66-60(63)54-51-48-45-42-39-36-33-30-28-26-23-20-17-14-11-8-5-2/h17,20,26,28,33,36,57H,4-16,18-19,21-25,27,29-32,34-35,37-56H2,1-3H3/b20-17+,28-26+,36-33+/t57-/m1/s1. The Kier molecular flexibility index (Phi) is 53.2. The number of rotatable bonds is 53. The molecule has 0 saturated carbocycles. The van der Waals surface area contributed by atoms with Crippen molar-refractivity contribution in [1.29, 1.82) is 0 Å². The molecule has 0 N–H and O–H groups in total. The van der Waals surface area contributed by atoms with E-state index in [9.17, 15) is 14.4 Å². The van der Waals surface area contributed by atoms with Gasteiger partial charge in [0.05, 0.1) is 0 Å². The second-order valence-electron chi connectivity index (χ2n) is 19.6. The Hall–Kier alpha value is -2.37. The van der Waals surface area contributed by atoms with Crippen molar-refractivity contribution in [3.05, 3.63) is 36.5 Å². The number of carbonyl (C=O) groups excluding carboxylic acids is 3. The van der Waals surface area contributed by atoms with E-state index in [0.29, 0.717) is 19.3 Å². The van der Waals surface area contributed by atoms with Crippen LogP contribution in [0.2, 0.25) is 0 Å². The molecule has 0 heterocycles. The number of allylic oxidation sites excluding steroid dienone is 6. The molecule has 0 aromatic rings. The Morgan fingerprint density at radius 1 is 0.303 bits per heavy atom. The predicted octanol–water partition coefficient (Wildman–Crippen LogP) is 19.3. The van der Waals surface area contributed by atoms with Gasteiger partial charge in [0.2, 0.25) is 0 Å². The molecule has 6 nitrogen and oxygen atoms in total. The van der Waals surface area contributed by atoms with Crippen LogP contribution in [0.3, 0.4) is 0 Å². The van der Waals surface area contributed by atoms with Crippen molar-refractivity contribution < 1.29 is 28.6 Å². The summed E-state index contributed by atoms with van der Waals surface area (Å²) in [4.78, 5) is 38.1. The molecule has 0 bridgehead atoms. The fourth-order valence-corrected chi connectivity index (χ4v) is 8.51. The average molecular weight is 928 g/mol. The second kappa shape index (κ2) is 55.2. The predicted molar refractivity (Wildman–Crippen MR) is 284 cm³/mol. The molecule has 0 rings (SSSR count). The molecule has 0 fully saturated rings. The first-order valence-electron chi connectivity index (χ1n) is 29.0. The van der Waals surface area contributed by atoms with Crippen LogP contribution in [0.1, 0.15) is 310 Å². The lowest BCUT2D eigenvalue weighted by molar-refractivity contribution is -0.167. The van der Waals surface area contributed by atoms with Crippen molar-refractivity contribution in [3.8, 4) is 0 Å². The number of carbonyl (C=O) groups is 3. The van der Waals surface area contributed by atoms with E-state index in [4.69, 9.17) is 14.2 Å². The number of ether oxygens (including phenoxy) is 3. The largest absolute Gasteiger partial charge is 0.462 e. The van der Waals surface area contributed by atoms with E-state index in [1.807, 2.05) is 0 Å². The van der Waals surface area contributed by atoms with Gasteiger partial charge in [-0.25, -0.2) is 0 Å². The van der Waals surface area contributed by atoms with E-state index < -0.39 is 6.10 Å². The van der Waals surface area contributed by atoms with Crippen LogP contribution in [0.5, 0.6) is 0 Å². The average Bonchev–Trinajstić information content (AvgIpc) is 3.31. The molecule has 0 radical (unpaired) electrons. The van der Waals surface area contributed by atoms with Crippen LogP contribution in [-0.2, 0) is 28.6 Å². The van der Waals surface area contributed by atoms with Crippen LogP contribution < -0.4 is 0 Å². The monoisotopic (exact) mass is 927 g/mol. The van der Waals surface area contributed by atoms with Gasteiger partial charge in [0.15, 0.2) is 6.10 Å². The van der Waals surface area contributed by atoms with Gasteiger partial charge in [-0.3, -0.25) is 14.4 Å². The summed E-state index contributed by atoms with van der Waals surface area (Å²) in [6.45, 7) is 6.64. The third-order valence-electron chi connectivity index (χ3n) is 12.9. The summed E-state index contributed by atoms with van der Waals surface area (Å²) in [6.07, 6.45) is 65.6. The zero-order valence-electron chi connectivity index (χ0n) is 44.2. The normalized spacial score (nSPS) is 12.2. The van der Waals surface area contributed by atoms with Gasteiger partial charge in [-0.2, -0.15) is 0 Å². The molecule has 386 valence electrons. The molecule has 6 heteroatoms. The maximum Gasteiger partial charge on any atom is 0.306 e. The zero-order chi connectivity index (χ0) is 47.9. The third-order valence-corrected chi connectivity index (χ3v) is 12.9. The Morgan fingerprint density at radius 3 is 0.879 bits per heavy atom. The summed E-state index contributed by atoms with van der Waals surface area (Å²) >= 11 is 0. The fourth-order valence-electron chi connectivity index (χ4n) is 8.51. The molecule has 0 saturated heterocycles. The summed E-state index contributed by atoms with van der Waals surface area (Å²) < 4.78 is 16.9. The van der Waals surface area contributed by atoms with Gasteiger partial charge in [0.25, 0.3) is 0 Å². The van der Waals surface area contributed by atoms with Gasteiger partial charge >= 0.3 is 17.9 Å². The fraction of sp³-hybridized carbons (Fsp3) is 0.850. The summed E-state index contributed by atoms with van der Waals surface area (Å²) in [5.41, 5.74) is 0. The van der Waals surface area contributed by atoms with Crippen molar-refractivity contribution in [1.82, 2.24) is 0 Å². The Balaban J connectivity index is 4.36. The van der Waals surface area contributed by atoms with E-state index >= 15 is 0 Å². The highest BCUT2D eigenvalue weighted by Gasteiger charge is 2.19. The minimum Gasteiger partial charge on any atom is -0.462 e. The number of hydrogen-bond donors (Lipinski definition) is 0. The van der Waals surface area contributed by atoms with Gasteiger partial charge in [-0.15, -0.1) is 0 Å². The molecular weight excluding hydrogens is 817 g/mol. The highest BCUT2D eigenvalue weighted by Crippen LogP contribution is 2.17. The zero-order valence-corrected chi connectivity index (χ0v) is 44.2. The lowest BCUT2D eigenvalue weighted by atomic mass is 10.0. The molecule has 0 amide bonds. The molecule has 0 spiro atoms. The van der Waals surface area contributed by atoms with Crippen LogP contribution in [0.15, 0.2) is 36.5 Å². The van der Waals surface area contributed by atoms with Crippen molar-refractivity contribution in [2.45, 2.75) is 316 Å². The Bertz CT molecular complexity index is 1110. The first-order chi connectivity index (χ1) is 32.5. The van der Waals surface area contributed by atoms with Crippen LogP contribution in [-0.4, -0.2) is 37.2 Å². The van der Waals surface area contributed by atoms with Crippen LogP contribution in [0.25, 0.3) is 0 Å². The van der Waals surface area contributed by atoms with E-state index in [1.54, 1.807) is 0 Å². The molecule has 0 unspecified atom stereocenters. The van der Waals surface area contributed by atoms with Crippen molar-refractivity contribution >= 4 is 17.9 Å². The Morgan fingerprint density at radius 2 is 0.545 bits per heavy atom. The minimum atomic E-state index is -0.779. The van der Waals surface area contributed by atoms with Gasteiger partial charge in [-0.05, 0) is 57.8 Å². The van der Waals surface area contributed by atoms with Gasteiger partial charge in [0, 0.05) is 19.3 Å². The quantitative estimate of drug-likeness (QED) is 0.0262. The first kappa shape index (κ1) is 63.6. The first-order valence-corrected chi connectivity index (χ1v) is 29.0. The lowest BCUT2D eigenvalue weighted by Crippen LogP contribution is -2.30. The van der Waals surface area contributed by atoms with Crippen molar-refractivity contribution in [2.75, 3.05) is 13.2 Å². The van der Waals surface area contributed by atoms with Crippen LogP contribution in [0, 0.1) is 0 Å². The lowest BCUT2D eigenvalue weighted by Gasteiger charge is -2.18. The van der Waals surface area contributed by atoms with Gasteiger partial charge < -0.3 is 14.2 Å². The molecule has 1 atom stereocenters. The van der Waals surface area contributed by atoms with E-state index in [2.05, 4.69) is 57.2 Å². The van der Waals surface area contributed by atoms with E-state index in [-0.39, 0.29) is 31.1 Å². The smallest absolute Gasteiger partial charge is 0.306 e.